The van der Waals surface area contributed by atoms with Gasteiger partial charge in [0.05, 0.1) is 20.5 Å². The second-order valence-electron chi connectivity index (χ2n) is 6.50. The van der Waals surface area contributed by atoms with Crippen LogP contribution in [0.25, 0.3) is 0 Å². The Kier molecular flexibility index (Phi) is 7.81. The quantitative estimate of drug-likeness (QED) is 0.614. The van der Waals surface area contributed by atoms with Crippen molar-refractivity contribution in [2.75, 3.05) is 27.2 Å². The lowest BCUT2D eigenvalue weighted by Gasteiger charge is -2.23. The van der Waals surface area contributed by atoms with E-state index in [0.29, 0.717) is 28.6 Å². The van der Waals surface area contributed by atoms with Gasteiger partial charge in [0.2, 0.25) is 10.0 Å². The third-order valence-corrected chi connectivity index (χ3v) is 6.63. The van der Waals surface area contributed by atoms with E-state index in [-0.39, 0.29) is 23.5 Å². The highest BCUT2D eigenvalue weighted by atomic mass is 35.5. The number of nitrogens with zero attached hydrogens (tertiary/aromatic N) is 3. The van der Waals surface area contributed by atoms with Crippen molar-refractivity contribution in [3.63, 3.8) is 0 Å². The molecule has 0 N–H and O–H groups in total. The molecule has 0 aliphatic carbocycles. The lowest BCUT2D eigenvalue weighted by atomic mass is 10.2. The molecule has 0 aliphatic heterocycles. The minimum absolute atomic E-state index is 0.0753. The van der Waals surface area contributed by atoms with E-state index in [1.807, 2.05) is 19.0 Å². The maximum atomic E-state index is 13.6. The Bertz CT molecular complexity index is 991. The van der Waals surface area contributed by atoms with Crippen LogP contribution in [0.4, 0.5) is 4.39 Å². The maximum absolute atomic E-state index is 13.6. The molecule has 0 unspecified atom stereocenters. The summed E-state index contributed by atoms with van der Waals surface area (Å²) < 4.78 is 41.2. The van der Waals surface area contributed by atoms with Crippen LogP contribution in [0.3, 0.4) is 0 Å². The Morgan fingerprint density at radius 2 is 1.79 bits per heavy atom. The molecule has 0 saturated heterocycles. The Hall–Kier alpha value is -1.69. The van der Waals surface area contributed by atoms with E-state index in [0.717, 1.165) is 12.1 Å². The summed E-state index contributed by atoms with van der Waals surface area (Å²) in [5.41, 5.74) is 0.356. The largest absolute Gasteiger partial charge is 0.309 e. The third kappa shape index (κ3) is 5.66. The first-order chi connectivity index (χ1) is 13.1. The third-order valence-electron chi connectivity index (χ3n) is 4.05. The Balaban J connectivity index is 2.38. The topological polar surface area (TPSA) is 64.4 Å². The second-order valence-corrected chi connectivity index (χ2v) is 9.25. The number of sulfonamides is 1. The number of benzene rings is 2. The Labute approximate surface area is 174 Å². The zero-order valence-corrected chi connectivity index (χ0v) is 17.8. The highest BCUT2D eigenvalue weighted by molar-refractivity contribution is 7.89. The summed E-state index contributed by atoms with van der Waals surface area (Å²) in [6, 6.07) is 9.80. The molecule has 0 bridgehead atoms. The first-order valence-electron chi connectivity index (χ1n) is 8.43. The van der Waals surface area contributed by atoms with Crippen LogP contribution in [0.15, 0.2) is 41.3 Å². The van der Waals surface area contributed by atoms with Gasteiger partial charge in [-0.15, -0.1) is 0 Å². The summed E-state index contributed by atoms with van der Waals surface area (Å²) in [5.74, 6) is -0.759. The molecule has 2 rings (SSSR count). The summed E-state index contributed by atoms with van der Waals surface area (Å²) in [6.45, 7) is 1.02. The second kappa shape index (κ2) is 9.68. The summed E-state index contributed by atoms with van der Waals surface area (Å²) in [4.78, 5) is 1.82. The summed E-state index contributed by atoms with van der Waals surface area (Å²) >= 11 is 12.0. The molecule has 28 heavy (non-hydrogen) atoms. The van der Waals surface area contributed by atoms with Gasteiger partial charge in [-0.1, -0.05) is 29.3 Å². The number of hydrogen-bond acceptors (Lipinski definition) is 4. The van der Waals surface area contributed by atoms with Crippen LogP contribution in [-0.4, -0.2) is 44.8 Å². The van der Waals surface area contributed by atoms with Crippen molar-refractivity contribution >= 4 is 33.2 Å². The average molecular weight is 444 g/mol. The van der Waals surface area contributed by atoms with Crippen LogP contribution in [0.5, 0.6) is 0 Å². The van der Waals surface area contributed by atoms with Gasteiger partial charge in [0, 0.05) is 13.1 Å². The lowest BCUT2D eigenvalue weighted by Crippen LogP contribution is -2.33. The van der Waals surface area contributed by atoms with Crippen molar-refractivity contribution < 1.29 is 12.8 Å². The molecule has 9 heteroatoms. The average Bonchev–Trinajstić information content (AvgIpc) is 2.63. The molecule has 0 saturated carbocycles. The van der Waals surface area contributed by atoms with Crippen molar-refractivity contribution in [3.8, 4) is 6.07 Å². The van der Waals surface area contributed by atoms with Crippen molar-refractivity contribution in [3.05, 3.63) is 63.4 Å². The molecule has 0 spiro atoms. The zero-order chi connectivity index (χ0) is 20.9. The van der Waals surface area contributed by atoms with E-state index in [1.54, 1.807) is 24.3 Å². The predicted molar refractivity (Wildman–Crippen MR) is 108 cm³/mol. The van der Waals surface area contributed by atoms with Gasteiger partial charge in [-0.2, -0.15) is 9.57 Å². The molecule has 2 aromatic carbocycles. The monoisotopic (exact) mass is 443 g/mol. The fourth-order valence-electron chi connectivity index (χ4n) is 2.59. The standard InChI is InChI=1S/C19H20Cl2FN3O2S/c1-24(2)8-3-9-25(13-14-4-6-17(20)18(21)10-14)28(26,27)16-5-7-19(22)15(11-16)12-23/h4-7,10-11H,3,8-9,13H2,1-2H3. The first kappa shape index (κ1) is 22.6. The molecule has 0 atom stereocenters. The Morgan fingerprint density at radius 1 is 1.07 bits per heavy atom. The summed E-state index contributed by atoms with van der Waals surface area (Å²) in [7, 11) is -0.149. The van der Waals surface area contributed by atoms with Crippen molar-refractivity contribution in [1.29, 1.82) is 5.26 Å². The van der Waals surface area contributed by atoms with Gasteiger partial charge in [-0.25, -0.2) is 12.8 Å². The SMILES string of the molecule is CN(C)CCCN(Cc1ccc(Cl)c(Cl)c1)S(=O)(=O)c1ccc(F)c(C#N)c1. The zero-order valence-electron chi connectivity index (χ0n) is 15.5. The number of rotatable bonds is 8. The van der Waals surface area contributed by atoms with Crippen molar-refractivity contribution in [1.82, 2.24) is 9.21 Å². The van der Waals surface area contributed by atoms with Gasteiger partial charge >= 0.3 is 0 Å². The van der Waals surface area contributed by atoms with Gasteiger partial charge in [-0.05, 0) is 63.0 Å². The summed E-state index contributed by atoms with van der Waals surface area (Å²) in [6.07, 6.45) is 0.597. The van der Waals surface area contributed by atoms with Crippen molar-refractivity contribution in [2.45, 2.75) is 17.9 Å². The molecule has 0 amide bonds. The molecule has 0 fully saturated rings. The maximum Gasteiger partial charge on any atom is 0.243 e. The first-order valence-corrected chi connectivity index (χ1v) is 10.6. The van der Waals surface area contributed by atoms with Gasteiger partial charge in [-0.3, -0.25) is 0 Å². The Morgan fingerprint density at radius 3 is 2.39 bits per heavy atom. The number of nitriles is 1. The predicted octanol–water partition coefficient (Wildman–Crippen LogP) is 4.15. The highest BCUT2D eigenvalue weighted by Crippen LogP contribution is 2.26. The number of halogens is 3. The van der Waals surface area contributed by atoms with E-state index >= 15 is 0 Å². The fourth-order valence-corrected chi connectivity index (χ4v) is 4.40. The van der Waals surface area contributed by atoms with Crippen LogP contribution in [0.2, 0.25) is 10.0 Å². The van der Waals surface area contributed by atoms with Crippen LogP contribution in [0.1, 0.15) is 17.5 Å². The van der Waals surface area contributed by atoms with Gasteiger partial charge in [0.15, 0.2) is 0 Å². The fraction of sp³-hybridized carbons (Fsp3) is 0.316. The number of hydrogen-bond donors (Lipinski definition) is 0. The smallest absolute Gasteiger partial charge is 0.243 e. The molecule has 150 valence electrons. The minimum Gasteiger partial charge on any atom is -0.309 e. The molecule has 0 aliphatic rings. The molecule has 5 nitrogen and oxygen atoms in total. The van der Waals surface area contributed by atoms with Crippen LogP contribution in [0, 0.1) is 17.1 Å². The van der Waals surface area contributed by atoms with Gasteiger partial charge in [0.1, 0.15) is 11.9 Å². The van der Waals surface area contributed by atoms with E-state index in [1.165, 1.54) is 10.4 Å². The van der Waals surface area contributed by atoms with Crippen molar-refractivity contribution in [2.24, 2.45) is 0 Å². The summed E-state index contributed by atoms with van der Waals surface area (Å²) in [5, 5.41) is 9.72. The van der Waals surface area contributed by atoms with Gasteiger partial charge in [0.25, 0.3) is 0 Å². The lowest BCUT2D eigenvalue weighted by molar-refractivity contribution is 0.346. The van der Waals surface area contributed by atoms with E-state index in [2.05, 4.69) is 0 Å². The molecule has 0 aromatic heterocycles. The van der Waals surface area contributed by atoms with E-state index < -0.39 is 15.8 Å². The van der Waals surface area contributed by atoms with Crippen LogP contribution < -0.4 is 0 Å². The molecular formula is C19H20Cl2FN3O2S. The van der Waals surface area contributed by atoms with E-state index in [4.69, 9.17) is 28.5 Å². The minimum atomic E-state index is -3.95. The highest BCUT2D eigenvalue weighted by Gasteiger charge is 2.25. The van der Waals surface area contributed by atoms with Crippen LogP contribution in [-0.2, 0) is 16.6 Å². The van der Waals surface area contributed by atoms with Crippen LogP contribution >= 0.6 is 23.2 Å². The normalized spacial score (nSPS) is 11.8. The molecule has 0 heterocycles. The van der Waals surface area contributed by atoms with E-state index in [9.17, 15) is 12.8 Å². The molecular weight excluding hydrogens is 424 g/mol. The molecule has 2 aromatic rings. The molecule has 0 radical (unpaired) electrons. The van der Waals surface area contributed by atoms with Gasteiger partial charge < -0.3 is 4.90 Å².